The summed E-state index contributed by atoms with van der Waals surface area (Å²) in [5, 5.41) is 9.28. The van der Waals surface area contributed by atoms with Gasteiger partial charge in [0.2, 0.25) is 0 Å². The van der Waals surface area contributed by atoms with E-state index in [9.17, 15) is 9.59 Å². The first-order valence-corrected chi connectivity index (χ1v) is 47.8. The number of halogens is 1. The molecule has 2 fully saturated rings. The van der Waals surface area contributed by atoms with Gasteiger partial charge in [-0.05, 0) is 98.1 Å². The Morgan fingerprint density at radius 1 is 0.506 bits per heavy atom. The van der Waals surface area contributed by atoms with E-state index < -0.39 is 43.5 Å². The van der Waals surface area contributed by atoms with Crippen molar-refractivity contribution in [3.05, 3.63) is 45.6 Å². The SMILES string of the molecule is COCCOC(=O)C1(OCCOC)CCC(c2cc(N(COCC[Si](C)(C)C)COCC[Si](C)(C)C)n3ncc(I)c3n2)CC1.COCCOC(=O)C1(OCCOC)CCC(c2cc(N(COCC[Si](C)(C)C)COCC[Si](C)(C)C)n3nccc3n2)CC1. The van der Waals surface area contributed by atoms with Crippen molar-refractivity contribution in [2.24, 2.45) is 0 Å². The molecule has 89 heavy (non-hydrogen) atoms. The topological polar surface area (TPSA) is 212 Å². The molecular formula is C62H111IN8O14Si4. The normalized spacial score (nSPS) is 19.3. The molecule has 0 spiro atoms. The lowest BCUT2D eigenvalue weighted by atomic mass is 9.77. The van der Waals surface area contributed by atoms with Crippen molar-refractivity contribution in [2.75, 3.05) is 144 Å². The van der Waals surface area contributed by atoms with Crippen LogP contribution in [0.25, 0.3) is 11.3 Å². The van der Waals surface area contributed by atoms with E-state index in [0.29, 0.717) is 105 Å². The van der Waals surface area contributed by atoms with Crippen LogP contribution < -0.4 is 9.80 Å². The molecule has 0 amide bonds. The fourth-order valence-corrected chi connectivity index (χ4v) is 13.7. The van der Waals surface area contributed by atoms with E-state index in [2.05, 4.69) is 133 Å². The van der Waals surface area contributed by atoms with Crippen LogP contribution in [0.4, 0.5) is 11.6 Å². The van der Waals surface area contributed by atoms with Crippen molar-refractivity contribution < 1.29 is 66.4 Å². The molecule has 2 aliphatic carbocycles. The Kier molecular flexibility index (Phi) is 32.0. The summed E-state index contributed by atoms with van der Waals surface area (Å²) in [5.41, 5.74) is 1.54. The highest BCUT2D eigenvalue weighted by atomic mass is 127. The highest BCUT2D eigenvalue weighted by Crippen LogP contribution is 2.43. The van der Waals surface area contributed by atoms with Crippen molar-refractivity contribution in [1.82, 2.24) is 29.2 Å². The largest absolute Gasteiger partial charge is 0.461 e. The highest BCUT2D eigenvalue weighted by Gasteiger charge is 2.46. The second-order valence-corrected chi connectivity index (χ2v) is 52.0. The Morgan fingerprint density at radius 3 is 1.24 bits per heavy atom. The Balaban J connectivity index is 0.000000324. The second kappa shape index (κ2) is 37.2. The predicted octanol–water partition coefficient (Wildman–Crippen LogP) is 11.4. The smallest absolute Gasteiger partial charge is 0.338 e. The number of nitrogens with zero attached hydrogens (tertiary/aromatic N) is 8. The fraction of sp³-hybridized carbons (Fsp3) is 0.774. The van der Waals surface area contributed by atoms with Crippen LogP contribution in [0.1, 0.15) is 74.6 Å². The van der Waals surface area contributed by atoms with E-state index in [4.69, 9.17) is 66.8 Å². The molecule has 506 valence electrons. The van der Waals surface area contributed by atoms with Crippen molar-refractivity contribution in [3.63, 3.8) is 0 Å². The molecule has 0 saturated heterocycles. The molecule has 27 heteroatoms. The van der Waals surface area contributed by atoms with Crippen molar-refractivity contribution in [2.45, 2.75) is 177 Å². The average molecular weight is 1430 g/mol. The molecule has 0 unspecified atom stereocenters. The van der Waals surface area contributed by atoms with Gasteiger partial charge in [-0.3, -0.25) is 0 Å². The number of esters is 2. The zero-order valence-corrected chi connectivity index (χ0v) is 63.2. The van der Waals surface area contributed by atoms with E-state index >= 15 is 0 Å². The van der Waals surface area contributed by atoms with Crippen LogP contribution in [0, 0.1) is 3.57 Å². The number of ether oxygens (including phenoxy) is 12. The fourth-order valence-electron chi connectivity index (χ4n) is 10.2. The minimum absolute atomic E-state index is 0.146. The van der Waals surface area contributed by atoms with Crippen molar-refractivity contribution in [3.8, 4) is 0 Å². The Bertz CT molecular complexity index is 2660. The molecule has 0 atom stereocenters. The quantitative estimate of drug-likeness (QED) is 0.0133. The van der Waals surface area contributed by atoms with Crippen LogP contribution >= 0.6 is 22.6 Å². The molecule has 2 saturated carbocycles. The van der Waals surface area contributed by atoms with E-state index in [1.807, 2.05) is 21.3 Å². The summed E-state index contributed by atoms with van der Waals surface area (Å²) >= 11 is 2.30. The van der Waals surface area contributed by atoms with Gasteiger partial charge in [0.05, 0.1) is 55.6 Å². The Hall–Kier alpha value is -3.02. The molecule has 0 aliphatic heterocycles. The summed E-state index contributed by atoms with van der Waals surface area (Å²) in [6, 6.07) is 10.6. The average Bonchev–Trinajstić information content (AvgIpc) is 2.02. The monoisotopic (exact) mass is 1430 g/mol. The van der Waals surface area contributed by atoms with Crippen LogP contribution in [0.3, 0.4) is 0 Å². The lowest BCUT2D eigenvalue weighted by molar-refractivity contribution is -0.181. The summed E-state index contributed by atoms with van der Waals surface area (Å²) in [6.07, 6.45) is 8.72. The number of methoxy groups -OCH3 is 4. The van der Waals surface area contributed by atoms with Crippen LogP contribution in [0.5, 0.6) is 0 Å². The molecule has 4 aromatic rings. The second-order valence-electron chi connectivity index (χ2n) is 28.4. The lowest BCUT2D eigenvalue weighted by Gasteiger charge is -2.38. The molecule has 0 N–H and O–H groups in total. The van der Waals surface area contributed by atoms with Crippen molar-refractivity contribution >= 4 is 89.8 Å². The van der Waals surface area contributed by atoms with Gasteiger partial charge in [-0.1, -0.05) is 78.6 Å². The summed E-state index contributed by atoms with van der Waals surface area (Å²) in [6.45, 7) is 35.4. The molecule has 0 bridgehead atoms. The van der Waals surface area contributed by atoms with E-state index in [-0.39, 0.29) is 37.0 Å². The van der Waals surface area contributed by atoms with E-state index in [1.165, 1.54) is 0 Å². The maximum Gasteiger partial charge on any atom is 0.338 e. The summed E-state index contributed by atoms with van der Waals surface area (Å²) < 4.78 is 73.6. The van der Waals surface area contributed by atoms with E-state index in [0.717, 1.165) is 101 Å². The molecule has 2 aliphatic rings. The zero-order valence-electron chi connectivity index (χ0n) is 57.0. The maximum atomic E-state index is 13.2. The lowest BCUT2D eigenvalue weighted by Crippen LogP contribution is -2.46. The van der Waals surface area contributed by atoms with Gasteiger partial charge in [0.1, 0.15) is 51.8 Å². The molecule has 4 aromatic heterocycles. The summed E-state index contributed by atoms with van der Waals surface area (Å²) in [7, 11) is 1.52. The molecule has 4 heterocycles. The van der Waals surface area contributed by atoms with Gasteiger partial charge in [-0.15, -0.1) is 0 Å². The van der Waals surface area contributed by atoms with Crippen LogP contribution in [0.15, 0.2) is 30.6 Å². The molecular weight excluding hydrogens is 1320 g/mol. The van der Waals surface area contributed by atoms with E-state index in [1.54, 1.807) is 34.6 Å². The number of hydrogen-bond donors (Lipinski definition) is 0. The summed E-state index contributed by atoms with van der Waals surface area (Å²) in [4.78, 5) is 40.8. The third-order valence-corrected chi connectivity index (χ3v) is 23.5. The van der Waals surface area contributed by atoms with Crippen LogP contribution in [-0.2, 0) is 66.4 Å². The third-order valence-electron chi connectivity index (χ3n) is 16.0. The maximum absolute atomic E-state index is 13.2. The number of carbonyl (C=O) groups is 2. The number of carbonyl (C=O) groups excluding carboxylic acids is 2. The first-order chi connectivity index (χ1) is 42.2. The van der Waals surface area contributed by atoms with Gasteiger partial charge in [0.15, 0.2) is 22.5 Å². The predicted molar refractivity (Wildman–Crippen MR) is 369 cm³/mol. The summed E-state index contributed by atoms with van der Waals surface area (Å²) in [5.74, 6) is 1.42. The van der Waals surface area contributed by atoms with Crippen molar-refractivity contribution in [1.29, 1.82) is 0 Å². The van der Waals surface area contributed by atoms with Crippen LogP contribution in [-0.4, -0.2) is 219 Å². The minimum Gasteiger partial charge on any atom is -0.461 e. The number of hydrogen-bond acceptors (Lipinski definition) is 20. The zero-order chi connectivity index (χ0) is 65.3. The number of fused-ring (bicyclic) bond motifs is 2. The number of anilines is 2. The molecule has 22 nitrogen and oxygen atoms in total. The first kappa shape index (κ1) is 76.7. The minimum atomic E-state index is -1.23. The first-order valence-electron chi connectivity index (χ1n) is 31.9. The van der Waals surface area contributed by atoms with Gasteiger partial charge in [0, 0.05) is 129 Å². The Labute approximate surface area is 549 Å². The van der Waals surface area contributed by atoms with Crippen LogP contribution in [0.2, 0.25) is 103 Å². The highest BCUT2D eigenvalue weighted by molar-refractivity contribution is 14.1. The van der Waals surface area contributed by atoms with Gasteiger partial charge < -0.3 is 66.6 Å². The molecule has 0 radical (unpaired) electrons. The molecule has 0 aromatic carbocycles. The Morgan fingerprint density at radius 2 is 0.865 bits per heavy atom. The van der Waals surface area contributed by atoms with Gasteiger partial charge in [0.25, 0.3) is 0 Å². The third kappa shape index (κ3) is 26.0. The van der Waals surface area contributed by atoms with Gasteiger partial charge in [-0.25, -0.2) is 19.6 Å². The molecule has 6 rings (SSSR count). The number of aromatic nitrogens is 6. The van der Waals surface area contributed by atoms with Gasteiger partial charge >= 0.3 is 11.9 Å². The van der Waals surface area contributed by atoms with Gasteiger partial charge in [-0.2, -0.15) is 19.2 Å². The standard InChI is InChI=1S/C31H55IN4O7Si2.C31H56N4O7Si2/c1-38-13-15-42-30(37)31(43-16-14-39-2)11-9-25(10-12-31)27-21-28(36-29(34-27)26(32)22-33-36)35(23-40-17-19-44(3,4)5)24-41-18-20-45(6,7)8;1-37-15-17-41-30(36)31(42-18-16-38-2)12-9-26(10-13-31)27-23-29(35-28(33-27)11-14-32-35)34(24-39-19-21-43(3,4)5)25-40-20-22-44(6,7)8/h21-22,25H,9-20,23-24H2,1-8H3;11,14,23,26H,9-10,12-13,15-22,24-25H2,1-8H3. The number of rotatable bonds is 40.